The molecule has 0 spiro atoms. The summed E-state index contributed by atoms with van der Waals surface area (Å²) in [5.74, 6) is -1.41. The molecule has 0 heterocycles. The molecule has 17 heavy (non-hydrogen) atoms. The van der Waals surface area contributed by atoms with Crippen LogP contribution in [0.15, 0.2) is 24.3 Å². The molecule has 1 aromatic carbocycles. The summed E-state index contributed by atoms with van der Waals surface area (Å²) in [7, 11) is -4.83. The lowest BCUT2D eigenvalue weighted by atomic mass is 10.2. The number of benzene rings is 1. The predicted octanol–water partition coefficient (Wildman–Crippen LogP) is 1.25. The van der Waals surface area contributed by atoms with E-state index >= 15 is 0 Å². The monoisotopic (exact) mass is 277 g/mol. The quantitative estimate of drug-likeness (QED) is 0.366. The van der Waals surface area contributed by atoms with Crippen LogP contribution in [-0.2, 0) is 26.3 Å². The molecule has 0 unspecified atom stereocenters. The van der Waals surface area contributed by atoms with Crippen molar-refractivity contribution in [2.45, 2.75) is 6.61 Å². The van der Waals surface area contributed by atoms with Crippen molar-refractivity contribution in [3.05, 3.63) is 34.9 Å². The molecule has 0 aliphatic rings. The molecule has 0 saturated carbocycles. The summed E-state index contributed by atoms with van der Waals surface area (Å²) in [4.78, 5) is 11.0. The van der Waals surface area contributed by atoms with E-state index in [1.807, 2.05) is 0 Å². The lowest BCUT2D eigenvalue weighted by Gasteiger charge is -2.04. The average Bonchev–Trinajstić information content (AvgIpc) is 2.25. The van der Waals surface area contributed by atoms with E-state index in [2.05, 4.69) is 4.74 Å². The number of carbonyl (C=O) groups excluding carboxylic acids is 1. The maximum Gasteiger partial charge on any atom is 0.371 e. The largest absolute Gasteiger partial charge is 0.456 e. The third-order valence-corrected chi connectivity index (χ3v) is 2.66. The van der Waals surface area contributed by atoms with Gasteiger partial charge in [-0.1, -0.05) is 23.7 Å². The van der Waals surface area contributed by atoms with Crippen molar-refractivity contribution in [3.8, 4) is 0 Å². The molecule has 0 atom stereocenters. The molecule has 2 N–H and O–H groups in total. The molecule has 0 saturated heterocycles. The van der Waals surface area contributed by atoms with E-state index in [9.17, 15) is 13.2 Å². The van der Waals surface area contributed by atoms with Crippen molar-refractivity contribution >= 4 is 32.7 Å². The van der Waals surface area contributed by atoms with E-state index in [-0.39, 0.29) is 6.61 Å². The van der Waals surface area contributed by atoms with Crippen LogP contribution in [0.3, 0.4) is 0 Å². The van der Waals surface area contributed by atoms with Gasteiger partial charge in [-0.3, -0.25) is 9.96 Å². The number of ether oxygens (including phenoxy) is 1. The minimum absolute atomic E-state index is 0.214. The summed E-state index contributed by atoms with van der Waals surface area (Å²) < 4.78 is 33.8. The van der Waals surface area contributed by atoms with Gasteiger partial charge in [0.2, 0.25) is 0 Å². The van der Waals surface area contributed by atoms with Crippen molar-refractivity contribution in [1.82, 2.24) is 0 Å². The molecule has 1 rings (SSSR count). The topological polar surface area (TPSA) is 105 Å². The Morgan fingerprint density at radius 1 is 1.35 bits per heavy atom. The molecular weight excluding hydrogens is 270 g/mol. The van der Waals surface area contributed by atoms with E-state index in [1.165, 1.54) is 0 Å². The molecule has 0 aromatic heterocycles. The number of esters is 1. The highest BCUT2D eigenvalue weighted by Crippen LogP contribution is 2.10. The van der Waals surface area contributed by atoms with Crippen LogP contribution in [0.25, 0.3) is 0 Å². The van der Waals surface area contributed by atoms with Crippen molar-refractivity contribution in [2.24, 2.45) is 0 Å². The van der Waals surface area contributed by atoms with Crippen molar-refractivity contribution < 1.29 is 22.5 Å². The predicted molar refractivity (Wildman–Crippen MR) is 60.5 cm³/mol. The standard InChI is InChI=1S/C9H8ClNO5S/c10-7-3-1-6(2-4-7)5-16-9(12)8(11)17(13,14)15/h1-4,11H,5H2,(H,13,14,15). The van der Waals surface area contributed by atoms with Gasteiger partial charge in [0.25, 0.3) is 5.04 Å². The van der Waals surface area contributed by atoms with Crippen molar-refractivity contribution in [1.29, 1.82) is 5.41 Å². The first-order chi connectivity index (χ1) is 7.80. The Morgan fingerprint density at radius 3 is 2.35 bits per heavy atom. The van der Waals surface area contributed by atoms with Crippen LogP contribution in [-0.4, -0.2) is 24.0 Å². The number of rotatable bonds is 2. The highest BCUT2D eigenvalue weighted by molar-refractivity contribution is 8.03. The zero-order chi connectivity index (χ0) is 13.1. The van der Waals surface area contributed by atoms with Crippen LogP contribution >= 0.6 is 11.6 Å². The zero-order valence-corrected chi connectivity index (χ0v) is 9.96. The van der Waals surface area contributed by atoms with Gasteiger partial charge < -0.3 is 4.74 Å². The molecule has 0 aliphatic heterocycles. The average molecular weight is 278 g/mol. The number of carbonyl (C=O) groups is 1. The van der Waals surface area contributed by atoms with Crippen molar-refractivity contribution in [2.75, 3.05) is 0 Å². The number of halogens is 1. The Bertz CT molecular complexity index is 537. The highest BCUT2D eigenvalue weighted by atomic mass is 35.5. The van der Waals surface area contributed by atoms with E-state index in [4.69, 9.17) is 21.6 Å². The molecule has 8 heteroatoms. The second kappa shape index (κ2) is 5.26. The van der Waals surface area contributed by atoms with Crippen LogP contribution in [0.5, 0.6) is 0 Å². The maximum absolute atomic E-state index is 11.0. The van der Waals surface area contributed by atoms with Gasteiger partial charge in [-0.2, -0.15) is 8.42 Å². The maximum atomic E-state index is 11.0. The van der Waals surface area contributed by atoms with E-state index < -0.39 is 21.1 Å². The molecule has 0 bridgehead atoms. The normalized spacial score (nSPS) is 10.9. The molecule has 0 amide bonds. The van der Waals surface area contributed by atoms with Gasteiger partial charge in [-0.25, -0.2) is 4.79 Å². The SMILES string of the molecule is N=C(C(=O)OCc1ccc(Cl)cc1)S(=O)(=O)O. The third kappa shape index (κ3) is 4.14. The smallest absolute Gasteiger partial charge is 0.371 e. The Balaban J connectivity index is 2.60. The summed E-state index contributed by atoms with van der Waals surface area (Å²) in [6.07, 6.45) is 0. The Hall–Kier alpha value is -1.44. The fourth-order valence-corrected chi connectivity index (χ4v) is 1.30. The molecule has 0 aliphatic carbocycles. The molecule has 92 valence electrons. The number of nitrogens with one attached hydrogen (secondary N) is 1. The first-order valence-electron chi connectivity index (χ1n) is 4.28. The van der Waals surface area contributed by atoms with Crippen LogP contribution in [0.4, 0.5) is 0 Å². The summed E-state index contributed by atoms with van der Waals surface area (Å²) in [6.45, 7) is -0.214. The summed E-state index contributed by atoms with van der Waals surface area (Å²) in [6, 6.07) is 6.29. The first kappa shape index (κ1) is 13.6. The molecular formula is C9H8ClNO5S. The van der Waals surface area contributed by atoms with Crippen LogP contribution in [0.1, 0.15) is 5.56 Å². The van der Waals surface area contributed by atoms with Gasteiger partial charge in [-0.05, 0) is 17.7 Å². The summed E-state index contributed by atoms with van der Waals surface area (Å²) in [5, 5.41) is 5.82. The van der Waals surface area contributed by atoms with Gasteiger partial charge in [0.1, 0.15) is 6.61 Å². The molecule has 6 nitrogen and oxygen atoms in total. The van der Waals surface area contributed by atoms with Crippen LogP contribution in [0, 0.1) is 5.41 Å². The fraction of sp³-hybridized carbons (Fsp3) is 0.111. The van der Waals surface area contributed by atoms with Crippen LogP contribution in [0.2, 0.25) is 5.02 Å². The van der Waals surface area contributed by atoms with E-state index in [0.29, 0.717) is 10.6 Å². The third-order valence-electron chi connectivity index (χ3n) is 1.73. The number of hydrogen-bond acceptors (Lipinski definition) is 5. The molecule has 0 fully saturated rings. The minimum atomic E-state index is -4.83. The Morgan fingerprint density at radius 2 is 1.88 bits per heavy atom. The van der Waals surface area contributed by atoms with Crippen LogP contribution < -0.4 is 0 Å². The lowest BCUT2D eigenvalue weighted by Crippen LogP contribution is -2.24. The Labute approximate surface area is 102 Å². The minimum Gasteiger partial charge on any atom is -0.456 e. The van der Waals surface area contributed by atoms with Gasteiger partial charge in [0.15, 0.2) is 0 Å². The Kier molecular flexibility index (Phi) is 4.22. The van der Waals surface area contributed by atoms with Gasteiger partial charge in [0.05, 0.1) is 0 Å². The lowest BCUT2D eigenvalue weighted by molar-refractivity contribution is -0.136. The van der Waals surface area contributed by atoms with Gasteiger partial charge in [0, 0.05) is 5.02 Å². The van der Waals surface area contributed by atoms with Gasteiger partial charge in [-0.15, -0.1) is 0 Å². The summed E-state index contributed by atoms with van der Waals surface area (Å²) in [5.41, 5.74) is 0.575. The van der Waals surface area contributed by atoms with E-state index in [1.54, 1.807) is 24.3 Å². The fourth-order valence-electron chi connectivity index (χ4n) is 0.900. The first-order valence-corrected chi connectivity index (χ1v) is 6.10. The summed E-state index contributed by atoms with van der Waals surface area (Å²) >= 11 is 5.63. The number of hydrogen-bond donors (Lipinski definition) is 2. The van der Waals surface area contributed by atoms with Gasteiger partial charge >= 0.3 is 16.1 Å². The highest BCUT2D eigenvalue weighted by Gasteiger charge is 2.24. The zero-order valence-electron chi connectivity index (χ0n) is 8.38. The second-order valence-corrected chi connectivity index (χ2v) is 4.80. The van der Waals surface area contributed by atoms with E-state index in [0.717, 1.165) is 0 Å². The second-order valence-electron chi connectivity index (χ2n) is 3.01. The molecule has 0 radical (unpaired) electrons. The van der Waals surface area contributed by atoms with Crippen molar-refractivity contribution in [3.63, 3.8) is 0 Å². The molecule has 1 aromatic rings.